The Balaban J connectivity index is 1.65. The van der Waals surface area contributed by atoms with E-state index in [1.54, 1.807) is 0 Å². The Labute approximate surface area is 242 Å². The van der Waals surface area contributed by atoms with Crippen LogP contribution in [0.25, 0.3) is 34.2 Å². The van der Waals surface area contributed by atoms with Crippen LogP contribution in [-0.4, -0.2) is 19.0 Å². The third kappa shape index (κ3) is 4.12. The zero-order chi connectivity index (χ0) is 27.8. The van der Waals surface area contributed by atoms with Crippen LogP contribution >= 0.6 is 17.0 Å². The first-order chi connectivity index (χ1) is 18.4. The second kappa shape index (κ2) is 9.50. The number of benzene rings is 3. The summed E-state index contributed by atoms with van der Waals surface area (Å²) in [4.78, 5) is 4.81. The summed E-state index contributed by atoms with van der Waals surface area (Å²) in [6, 6.07) is 26.3. The molecule has 6 rings (SSSR count). The molecule has 1 heterocycles. The van der Waals surface area contributed by atoms with Gasteiger partial charge in [-0.3, -0.25) is 0 Å². The van der Waals surface area contributed by atoms with Crippen LogP contribution in [0.15, 0.2) is 89.8 Å². The summed E-state index contributed by atoms with van der Waals surface area (Å²) in [6.45, 7) is 14.5. The van der Waals surface area contributed by atoms with Gasteiger partial charge in [0.05, 0.1) is 0 Å². The van der Waals surface area contributed by atoms with Gasteiger partial charge in [-0.2, -0.15) is 0 Å². The molecule has 0 spiro atoms. The number of nitrogens with zero attached hydrogens (tertiary/aromatic N) is 1. The summed E-state index contributed by atoms with van der Waals surface area (Å²) in [6.07, 6.45) is 6.76. The predicted octanol–water partition coefficient (Wildman–Crippen LogP) is 10.4. The molecule has 0 bridgehead atoms. The summed E-state index contributed by atoms with van der Waals surface area (Å²) in [5.41, 5.74) is 10.1. The maximum absolute atomic E-state index is 8.45. The molecule has 0 saturated carbocycles. The fraction of sp³-hybridized carbons (Fsp3) is 0.242. The predicted molar refractivity (Wildman–Crippen MR) is 175 cm³/mol. The molecule has 2 aliphatic carbocycles. The van der Waals surface area contributed by atoms with E-state index in [0.29, 0.717) is 0 Å². The molecule has 2 unspecified atom stereocenters. The van der Waals surface area contributed by atoms with Gasteiger partial charge in [0.15, 0.2) is 0 Å². The molecular formula is C33H36Cl2NSi2Zr. The number of halogens is 2. The molecule has 0 N–H and O–H groups in total. The van der Waals surface area contributed by atoms with Gasteiger partial charge in [-0.05, 0) is 0 Å². The van der Waals surface area contributed by atoms with E-state index in [0.717, 1.165) is 10.9 Å². The molecule has 3 aromatic carbocycles. The molecule has 0 radical (unpaired) electrons. The van der Waals surface area contributed by atoms with E-state index in [1.165, 1.54) is 44.2 Å². The summed E-state index contributed by atoms with van der Waals surface area (Å²) < 4.78 is 0.279. The van der Waals surface area contributed by atoms with E-state index in [9.17, 15) is 0 Å². The van der Waals surface area contributed by atoms with Crippen molar-refractivity contribution in [1.82, 2.24) is 4.98 Å². The van der Waals surface area contributed by atoms with E-state index >= 15 is 0 Å². The van der Waals surface area contributed by atoms with E-state index in [1.807, 2.05) is 12.3 Å². The molecule has 4 aromatic rings. The summed E-state index contributed by atoms with van der Waals surface area (Å²) >= 11 is -4.67. The normalized spacial score (nSPS) is 19.9. The summed E-state index contributed by atoms with van der Waals surface area (Å²) in [5.74, 6) is -1.55. The maximum atomic E-state index is 8.45. The Morgan fingerprint density at radius 1 is 0.769 bits per heavy atom. The van der Waals surface area contributed by atoms with Crippen molar-refractivity contribution in [3.8, 4) is 11.1 Å². The van der Waals surface area contributed by atoms with E-state index < -0.39 is 29.6 Å². The van der Waals surface area contributed by atoms with E-state index in [-0.39, 0.29) is 7.25 Å². The molecule has 1 aromatic heterocycles. The van der Waals surface area contributed by atoms with Gasteiger partial charge in [0, 0.05) is 0 Å². The van der Waals surface area contributed by atoms with Crippen molar-refractivity contribution in [3.05, 3.63) is 112 Å². The first-order valence-electron chi connectivity index (χ1n) is 14.0. The van der Waals surface area contributed by atoms with Gasteiger partial charge in [0.25, 0.3) is 0 Å². The average Bonchev–Trinajstić information content (AvgIpc) is 3.47. The molecular weight excluding hydrogens is 629 g/mol. The number of allylic oxidation sites excluding steroid dienone is 2. The van der Waals surface area contributed by atoms with E-state index in [2.05, 4.69) is 119 Å². The monoisotopic (exact) mass is 662 g/mol. The average molecular weight is 665 g/mol. The Kier molecular flexibility index (Phi) is 6.72. The van der Waals surface area contributed by atoms with Crippen LogP contribution in [0.5, 0.6) is 0 Å². The van der Waals surface area contributed by atoms with Crippen LogP contribution < -0.4 is 0 Å². The molecule has 6 heteroatoms. The molecule has 0 fully saturated rings. The molecule has 0 amide bonds. The standard InChI is InChI=1S/C21H20NSi.C10H9.C2H7Si.2ClH.Zr/c1-23(2,3)17-13-16-8-5-10-18(20(16)14-17)19-11-4-7-15-9-6-12-22-21(15)19;1-8-6-9-4-2-3-5-10(9)7-8;1-3-2;;;/h4-14H,1-3H3;2-7H,1H3;3H,1-2H3;2*1H;/q;;;;;+2/p-2. The number of hydrogen-bond acceptors (Lipinski definition) is 1. The van der Waals surface area contributed by atoms with Gasteiger partial charge in [-0.1, -0.05) is 0 Å². The SMILES string of the molecule is CC1=Cc2ccccc2[CH]1[Zr]([Cl])([Cl])([CH]1C([Si](C)(C)C)=Cc2c(-c3cccc4cccnc34)cccc21)[SiH](C)C. The van der Waals surface area contributed by atoms with Crippen molar-refractivity contribution < 1.29 is 15.6 Å². The number of pyridine rings is 1. The third-order valence-corrected chi connectivity index (χ3v) is 64.0. The first kappa shape index (κ1) is 27.6. The van der Waals surface area contributed by atoms with Crippen molar-refractivity contribution in [2.45, 2.75) is 46.9 Å². The fourth-order valence-corrected chi connectivity index (χ4v) is 47.1. The summed E-state index contributed by atoms with van der Waals surface area (Å²) in [7, 11) is 15.1. The molecule has 0 aliphatic heterocycles. The number of aromatic nitrogens is 1. The van der Waals surface area contributed by atoms with Crippen molar-refractivity contribution in [2.24, 2.45) is 0 Å². The molecule has 2 aliphatic rings. The van der Waals surface area contributed by atoms with Gasteiger partial charge in [0.2, 0.25) is 0 Å². The topological polar surface area (TPSA) is 12.9 Å². The zero-order valence-corrected chi connectivity index (χ0v) is 29.7. The van der Waals surface area contributed by atoms with Crippen molar-refractivity contribution >= 4 is 54.1 Å². The molecule has 2 atom stereocenters. The Bertz CT molecular complexity index is 1690. The summed E-state index contributed by atoms with van der Waals surface area (Å²) in [5, 5.41) is 2.70. The Hall–Kier alpha value is -1.55. The Morgan fingerprint density at radius 3 is 2.18 bits per heavy atom. The van der Waals surface area contributed by atoms with Gasteiger partial charge in [0.1, 0.15) is 0 Å². The second-order valence-corrected chi connectivity index (χ2v) is 60.4. The quantitative estimate of drug-likeness (QED) is 0.194. The first-order valence-corrected chi connectivity index (χ1v) is 33.8. The van der Waals surface area contributed by atoms with Crippen molar-refractivity contribution in [1.29, 1.82) is 0 Å². The van der Waals surface area contributed by atoms with Crippen LogP contribution in [0.2, 0.25) is 32.7 Å². The van der Waals surface area contributed by atoms with Gasteiger partial charge < -0.3 is 0 Å². The van der Waals surface area contributed by atoms with Gasteiger partial charge >= 0.3 is 245 Å². The number of para-hydroxylation sites is 1. The van der Waals surface area contributed by atoms with Crippen LogP contribution in [0.3, 0.4) is 0 Å². The fourth-order valence-electron chi connectivity index (χ4n) is 7.25. The Morgan fingerprint density at radius 2 is 1.44 bits per heavy atom. The zero-order valence-electron chi connectivity index (χ0n) is 23.6. The number of fused-ring (bicyclic) bond motifs is 3. The van der Waals surface area contributed by atoms with Gasteiger partial charge in [-0.25, -0.2) is 0 Å². The minimum atomic E-state index is -4.67. The molecule has 39 heavy (non-hydrogen) atoms. The van der Waals surface area contributed by atoms with Crippen LogP contribution in [0.1, 0.15) is 36.4 Å². The third-order valence-electron chi connectivity index (χ3n) is 9.20. The van der Waals surface area contributed by atoms with Crippen molar-refractivity contribution in [2.75, 3.05) is 0 Å². The molecule has 0 saturated heterocycles. The van der Waals surface area contributed by atoms with Gasteiger partial charge in [-0.15, -0.1) is 0 Å². The number of hydrogen-bond donors (Lipinski definition) is 0. The van der Waals surface area contributed by atoms with Crippen LogP contribution in [0, 0.1) is 0 Å². The van der Waals surface area contributed by atoms with Crippen LogP contribution in [0.4, 0.5) is 0 Å². The van der Waals surface area contributed by atoms with Crippen molar-refractivity contribution in [3.63, 3.8) is 0 Å². The minimum absolute atomic E-state index is 0.130. The number of rotatable bonds is 5. The van der Waals surface area contributed by atoms with E-state index in [4.69, 9.17) is 22.0 Å². The van der Waals surface area contributed by atoms with Crippen LogP contribution in [-0.2, 0) is 15.6 Å². The molecule has 199 valence electrons. The molecule has 1 nitrogen and oxygen atoms in total. The second-order valence-electron chi connectivity index (χ2n) is 12.8.